The molecule has 2 heterocycles. The van der Waals surface area contributed by atoms with Crippen LogP contribution in [0.3, 0.4) is 0 Å². The summed E-state index contributed by atoms with van der Waals surface area (Å²) in [7, 11) is 1.34. The normalized spacial score (nSPS) is 22.7. The second-order valence-electron chi connectivity index (χ2n) is 5.49. The number of rotatable bonds is 5. The Hall–Kier alpha value is -1.33. The third-order valence-electron chi connectivity index (χ3n) is 3.96. The van der Waals surface area contributed by atoms with Gasteiger partial charge in [-0.25, -0.2) is 4.79 Å². The predicted octanol–water partition coefficient (Wildman–Crippen LogP) is 2.36. The first kappa shape index (κ1) is 15.1. The van der Waals surface area contributed by atoms with Gasteiger partial charge < -0.3 is 14.3 Å². The van der Waals surface area contributed by atoms with Gasteiger partial charge in [0.2, 0.25) is 5.76 Å². The van der Waals surface area contributed by atoms with Crippen LogP contribution in [0.2, 0.25) is 0 Å². The van der Waals surface area contributed by atoms with E-state index in [9.17, 15) is 9.90 Å². The molecule has 0 aliphatic carbocycles. The zero-order chi connectivity index (χ0) is 14.7. The van der Waals surface area contributed by atoms with Gasteiger partial charge in [0.1, 0.15) is 5.76 Å². The average molecular weight is 281 g/mol. The molecule has 1 N–H and O–H groups in total. The number of hydrogen-bond donors (Lipinski definition) is 1. The molecule has 0 amide bonds. The number of nitrogens with zero attached hydrogens (tertiary/aromatic N) is 1. The van der Waals surface area contributed by atoms with Gasteiger partial charge in [0.15, 0.2) is 0 Å². The lowest BCUT2D eigenvalue weighted by Gasteiger charge is -2.30. The molecule has 112 valence electrons. The fourth-order valence-corrected chi connectivity index (χ4v) is 2.97. The maximum absolute atomic E-state index is 11.4. The topological polar surface area (TPSA) is 62.9 Å². The zero-order valence-corrected chi connectivity index (χ0v) is 12.3. The van der Waals surface area contributed by atoms with E-state index in [4.69, 9.17) is 4.42 Å². The van der Waals surface area contributed by atoms with Crippen molar-refractivity contribution in [2.24, 2.45) is 0 Å². The highest BCUT2D eigenvalue weighted by molar-refractivity contribution is 5.86. The smallest absolute Gasteiger partial charge is 0.373 e. The largest absolute Gasteiger partial charge is 0.463 e. The highest BCUT2D eigenvalue weighted by Gasteiger charge is 2.31. The number of aliphatic hydroxyl groups excluding tert-OH is 1. The van der Waals surface area contributed by atoms with Crippen LogP contribution in [0.25, 0.3) is 0 Å². The molecule has 0 spiro atoms. The van der Waals surface area contributed by atoms with E-state index in [2.05, 4.69) is 16.6 Å². The summed E-state index contributed by atoms with van der Waals surface area (Å²) in [5.74, 6) is 0.550. The van der Waals surface area contributed by atoms with E-state index in [1.807, 2.05) is 13.0 Å². The van der Waals surface area contributed by atoms with Gasteiger partial charge in [-0.2, -0.15) is 0 Å². The van der Waals surface area contributed by atoms with E-state index < -0.39 is 5.97 Å². The number of carbonyl (C=O) groups is 1. The molecule has 1 aliphatic rings. The molecule has 1 aromatic heterocycles. The molecule has 1 aliphatic heterocycles. The second-order valence-corrected chi connectivity index (χ2v) is 5.49. The SMILES string of the molecule is COC(=O)c1ccc([C@H](C)N2CCC[C@@H]2C[C@@H](C)O)o1. The van der Waals surface area contributed by atoms with E-state index in [0.29, 0.717) is 6.04 Å². The lowest BCUT2D eigenvalue weighted by atomic mass is 10.1. The van der Waals surface area contributed by atoms with Crippen molar-refractivity contribution >= 4 is 5.97 Å². The maximum Gasteiger partial charge on any atom is 0.373 e. The quantitative estimate of drug-likeness (QED) is 0.839. The molecule has 0 aromatic carbocycles. The minimum absolute atomic E-state index is 0.0969. The summed E-state index contributed by atoms with van der Waals surface area (Å²) in [5, 5.41) is 9.58. The van der Waals surface area contributed by atoms with Crippen LogP contribution in [-0.4, -0.2) is 41.8 Å². The number of aliphatic hydroxyl groups is 1. The van der Waals surface area contributed by atoms with E-state index in [-0.39, 0.29) is 17.9 Å². The Morgan fingerprint density at radius 2 is 2.30 bits per heavy atom. The Bertz CT molecular complexity index is 454. The number of furan rings is 1. The van der Waals surface area contributed by atoms with Gasteiger partial charge in [0.25, 0.3) is 0 Å². The number of likely N-dealkylation sites (tertiary alicyclic amines) is 1. The lowest BCUT2D eigenvalue weighted by molar-refractivity contribution is 0.0556. The molecule has 5 heteroatoms. The number of ether oxygens (including phenoxy) is 1. The predicted molar refractivity (Wildman–Crippen MR) is 74.5 cm³/mol. The van der Waals surface area contributed by atoms with Gasteiger partial charge in [0, 0.05) is 6.04 Å². The molecule has 0 bridgehead atoms. The molecule has 3 atom stereocenters. The summed E-state index contributed by atoms with van der Waals surface area (Å²) in [6.07, 6.45) is 2.70. The summed E-state index contributed by atoms with van der Waals surface area (Å²) in [5.41, 5.74) is 0. The summed E-state index contributed by atoms with van der Waals surface area (Å²) in [6, 6.07) is 3.95. The van der Waals surface area contributed by atoms with Crippen molar-refractivity contribution in [3.63, 3.8) is 0 Å². The second kappa shape index (κ2) is 6.41. The zero-order valence-electron chi connectivity index (χ0n) is 12.3. The van der Waals surface area contributed by atoms with Crippen molar-refractivity contribution in [3.05, 3.63) is 23.7 Å². The third kappa shape index (κ3) is 3.22. The number of hydrogen-bond acceptors (Lipinski definition) is 5. The fraction of sp³-hybridized carbons (Fsp3) is 0.667. The molecule has 0 unspecified atom stereocenters. The first-order valence-corrected chi connectivity index (χ1v) is 7.14. The molecular weight excluding hydrogens is 258 g/mol. The standard InChI is InChI=1S/C15H23NO4/c1-10(17)9-12-5-4-8-16(12)11(2)13-6-7-14(20-13)15(18)19-3/h6-7,10-12,17H,4-5,8-9H2,1-3H3/t10-,11+,12-/m1/s1. The first-order valence-electron chi connectivity index (χ1n) is 7.14. The van der Waals surface area contributed by atoms with Crippen molar-refractivity contribution in [2.45, 2.75) is 51.3 Å². The van der Waals surface area contributed by atoms with Crippen LogP contribution < -0.4 is 0 Å². The van der Waals surface area contributed by atoms with Crippen molar-refractivity contribution in [3.8, 4) is 0 Å². The summed E-state index contributed by atoms with van der Waals surface area (Å²) in [6.45, 7) is 4.89. The Morgan fingerprint density at radius 1 is 1.55 bits per heavy atom. The molecule has 0 radical (unpaired) electrons. The molecule has 20 heavy (non-hydrogen) atoms. The fourth-order valence-electron chi connectivity index (χ4n) is 2.97. The molecular formula is C15H23NO4. The summed E-state index contributed by atoms with van der Waals surface area (Å²) >= 11 is 0. The van der Waals surface area contributed by atoms with Crippen LogP contribution in [0.15, 0.2) is 16.5 Å². The molecule has 1 fully saturated rings. The van der Waals surface area contributed by atoms with Gasteiger partial charge in [-0.15, -0.1) is 0 Å². The van der Waals surface area contributed by atoms with E-state index in [1.165, 1.54) is 7.11 Å². The molecule has 0 saturated carbocycles. The Kier molecular flexibility index (Phi) is 4.83. The molecule has 5 nitrogen and oxygen atoms in total. The molecule has 2 rings (SSSR count). The number of carbonyl (C=O) groups excluding carboxylic acids is 1. The van der Waals surface area contributed by atoms with Crippen molar-refractivity contribution < 1.29 is 19.1 Å². The molecule has 1 aromatic rings. The van der Waals surface area contributed by atoms with Crippen molar-refractivity contribution in [1.82, 2.24) is 4.90 Å². The maximum atomic E-state index is 11.4. The van der Waals surface area contributed by atoms with Gasteiger partial charge in [0.05, 0.1) is 19.3 Å². The summed E-state index contributed by atoms with van der Waals surface area (Å²) < 4.78 is 10.2. The number of methoxy groups -OCH3 is 1. The van der Waals surface area contributed by atoms with Crippen LogP contribution in [0.1, 0.15) is 55.5 Å². The third-order valence-corrected chi connectivity index (χ3v) is 3.96. The van der Waals surface area contributed by atoms with Crippen LogP contribution >= 0.6 is 0 Å². The van der Waals surface area contributed by atoms with Gasteiger partial charge in [-0.3, -0.25) is 4.90 Å². The highest BCUT2D eigenvalue weighted by atomic mass is 16.5. The van der Waals surface area contributed by atoms with Crippen LogP contribution in [0.4, 0.5) is 0 Å². The van der Waals surface area contributed by atoms with Crippen LogP contribution in [0, 0.1) is 0 Å². The minimum Gasteiger partial charge on any atom is -0.463 e. The van der Waals surface area contributed by atoms with Gasteiger partial charge in [-0.1, -0.05) is 0 Å². The Morgan fingerprint density at radius 3 is 2.95 bits per heavy atom. The van der Waals surface area contributed by atoms with Crippen molar-refractivity contribution in [2.75, 3.05) is 13.7 Å². The Labute approximate surface area is 119 Å². The summed E-state index contributed by atoms with van der Waals surface area (Å²) in [4.78, 5) is 13.8. The Balaban J connectivity index is 2.08. The lowest BCUT2D eigenvalue weighted by Crippen LogP contribution is -2.34. The number of esters is 1. The van der Waals surface area contributed by atoms with E-state index in [1.54, 1.807) is 6.07 Å². The van der Waals surface area contributed by atoms with Crippen LogP contribution in [-0.2, 0) is 4.74 Å². The van der Waals surface area contributed by atoms with Crippen LogP contribution in [0.5, 0.6) is 0 Å². The highest BCUT2D eigenvalue weighted by Crippen LogP contribution is 2.32. The van der Waals surface area contributed by atoms with Gasteiger partial charge in [-0.05, 0) is 51.8 Å². The van der Waals surface area contributed by atoms with Gasteiger partial charge >= 0.3 is 5.97 Å². The molecule has 1 saturated heterocycles. The minimum atomic E-state index is -0.453. The van der Waals surface area contributed by atoms with E-state index in [0.717, 1.165) is 31.6 Å². The van der Waals surface area contributed by atoms with E-state index >= 15 is 0 Å². The van der Waals surface area contributed by atoms with Crippen molar-refractivity contribution in [1.29, 1.82) is 0 Å². The monoisotopic (exact) mass is 281 g/mol. The average Bonchev–Trinajstić information content (AvgIpc) is 3.05. The first-order chi connectivity index (χ1) is 9.52.